The van der Waals surface area contributed by atoms with Crippen LogP contribution in [-0.2, 0) is 17.7 Å². The Bertz CT molecular complexity index is 872. The van der Waals surface area contributed by atoms with Gasteiger partial charge >= 0.3 is 6.09 Å². The van der Waals surface area contributed by atoms with Crippen molar-refractivity contribution >= 4 is 51.7 Å². The lowest BCUT2D eigenvalue weighted by Crippen LogP contribution is -2.39. The van der Waals surface area contributed by atoms with E-state index in [1.54, 1.807) is 23.1 Å². The van der Waals surface area contributed by atoms with E-state index in [9.17, 15) is 9.59 Å². The van der Waals surface area contributed by atoms with Gasteiger partial charge in [-0.2, -0.15) is 0 Å². The first-order valence-corrected chi connectivity index (χ1v) is 9.92. The highest BCUT2D eigenvalue weighted by Gasteiger charge is 2.28. The maximum Gasteiger partial charge on any atom is 0.410 e. The SMILES string of the molecule is CC(C)(C)OC(=O)N1CCc2nc(NC(=O)c3cc(Cl)cc(Cl)c3)sc2C1. The Labute approximate surface area is 171 Å². The molecule has 3 rings (SSSR count). The van der Waals surface area contributed by atoms with Crippen molar-refractivity contribution in [1.29, 1.82) is 0 Å². The number of aromatic nitrogens is 1. The van der Waals surface area contributed by atoms with Gasteiger partial charge in [-0.15, -0.1) is 0 Å². The lowest BCUT2D eigenvalue weighted by Gasteiger charge is -2.29. The first-order chi connectivity index (χ1) is 12.6. The van der Waals surface area contributed by atoms with E-state index in [4.69, 9.17) is 27.9 Å². The number of hydrogen-bond donors (Lipinski definition) is 1. The van der Waals surface area contributed by atoms with Gasteiger partial charge in [0, 0.05) is 33.5 Å². The topological polar surface area (TPSA) is 71.5 Å². The molecule has 1 N–H and O–H groups in total. The average molecular weight is 428 g/mol. The predicted octanol–water partition coefficient (Wildman–Crippen LogP) is 5.00. The van der Waals surface area contributed by atoms with E-state index >= 15 is 0 Å². The largest absolute Gasteiger partial charge is 0.444 e. The van der Waals surface area contributed by atoms with Gasteiger partial charge in [0.05, 0.1) is 12.2 Å². The Balaban J connectivity index is 1.69. The highest BCUT2D eigenvalue weighted by Crippen LogP contribution is 2.29. The summed E-state index contributed by atoms with van der Waals surface area (Å²) in [6.45, 7) is 6.46. The molecule has 0 radical (unpaired) electrons. The van der Waals surface area contributed by atoms with Crippen molar-refractivity contribution in [2.75, 3.05) is 11.9 Å². The molecule has 0 saturated carbocycles. The number of halogens is 2. The molecule has 0 fully saturated rings. The average Bonchev–Trinajstić information content (AvgIpc) is 2.93. The monoisotopic (exact) mass is 427 g/mol. The Kier molecular flexibility index (Phi) is 5.65. The molecule has 27 heavy (non-hydrogen) atoms. The second kappa shape index (κ2) is 7.66. The maximum absolute atomic E-state index is 12.4. The first kappa shape index (κ1) is 19.9. The predicted molar refractivity (Wildman–Crippen MR) is 107 cm³/mol. The summed E-state index contributed by atoms with van der Waals surface area (Å²) >= 11 is 13.2. The number of fused-ring (bicyclic) bond motifs is 1. The fourth-order valence-corrected chi connectivity index (χ4v) is 4.13. The molecule has 0 bridgehead atoms. The summed E-state index contributed by atoms with van der Waals surface area (Å²) in [7, 11) is 0. The Hall–Kier alpha value is -1.83. The minimum Gasteiger partial charge on any atom is -0.444 e. The first-order valence-electron chi connectivity index (χ1n) is 8.35. The summed E-state index contributed by atoms with van der Waals surface area (Å²) in [6, 6.07) is 4.65. The number of hydrogen-bond acceptors (Lipinski definition) is 5. The van der Waals surface area contributed by atoms with E-state index in [0.717, 1.165) is 10.6 Å². The van der Waals surface area contributed by atoms with Gasteiger partial charge in [0.15, 0.2) is 5.13 Å². The van der Waals surface area contributed by atoms with Crippen LogP contribution in [0.2, 0.25) is 10.0 Å². The van der Waals surface area contributed by atoms with Gasteiger partial charge in [-0.25, -0.2) is 9.78 Å². The van der Waals surface area contributed by atoms with Crippen LogP contribution in [0.4, 0.5) is 9.93 Å². The van der Waals surface area contributed by atoms with Crippen LogP contribution in [0, 0.1) is 0 Å². The second-order valence-corrected chi connectivity index (χ2v) is 9.11. The second-order valence-electron chi connectivity index (χ2n) is 7.15. The molecule has 1 aromatic heterocycles. The molecule has 0 aliphatic carbocycles. The van der Waals surface area contributed by atoms with Gasteiger partial charge in [0.25, 0.3) is 5.91 Å². The third-order valence-corrected chi connectivity index (χ3v) is 5.16. The molecule has 0 unspecified atom stereocenters. The van der Waals surface area contributed by atoms with Crippen LogP contribution in [0.5, 0.6) is 0 Å². The van der Waals surface area contributed by atoms with Gasteiger partial charge in [-0.05, 0) is 39.0 Å². The van der Waals surface area contributed by atoms with Crippen LogP contribution in [0.1, 0.15) is 41.7 Å². The number of ether oxygens (including phenoxy) is 1. The molecule has 2 aromatic rings. The zero-order valence-electron chi connectivity index (χ0n) is 15.1. The minimum atomic E-state index is -0.539. The summed E-state index contributed by atoms with van der Waals surface area (Å²) in [4.78, 5) is 31.7. The lowest BCUT2D eigenvalue weighted by molar-refractivity contribution is 0.0225. The number of rotatable bonds is 2. The molecule has 6 nitrogen and oxygen atoms in total. The number of nitrogens with zero attached hydrogens (tertiary/aromatic N) is 2. The van der Waals surface area contributed by atoms with Crippen molar-refractivity contribution in [2.45, 2.75) is 39.3 Å². The van der Waals surface area contributed by atoms with Crippen molar-refractivity contribution in [3.8, 4) is 0 Å². The quantitative estimate of drug-likeness (QED) is 0.731. The summed E-state index contributed by atoms with van der Waals surface area (Å²) < 4.78 is 5.42. The summed E-state index contributed by atoms with van der Waals surface area (Å²) in [5, 5.41) is 4.02. The van der Waals surface area contributed by atoms with Crippen molar-refractivity contribution in [3.63, 3.8) is 0 Å². The summed E-state index contributed by atoms with van der Waals surface area (Å²) in [5.74, 6) is -0.338. The number of carbonyl (C=O) groups is 2. The molecular formula is C18H19Cl2N3O3S. The lowest BCUT2D eigenvalue weighted by atomic mass is 10.2. The smallest absolute Gasteiger partial charge is 0.410 e. The van der Waals surface area contributed by atoms with Crippen LogP contribution < -0.4 is 5.32 Å². The standard InChI is InChI=1S/C18H19Cl2N3O3S/c1-18(2,3)26-17(25)23-5-4-13-14(9-23)27-16(21-13)22-15(24)10-6-11(19)8-12(20)7-10/h6-8H,4-5,9H2,1-3H3,(H,21,22,24). The number of carbonyl (C=O) groups excluding carboxylic acids is 2. The van der Waals surface area contributed by atoms with Crippen molar-refractivity contribution in [3.05, 3.63) is 44.4 Å². The van der Waals surface area contributed by atoms with Crippen molar-refractivity contribution < 1.29 is 14.3 Å². The van der Waals surface area contributed by atoms with Crippen molar-refractivity contribution in [1.82, 2.24) is 9.88 Å². The van der Waals surface area contributed by atoms with Gasteiger partial charge in [-0.1, -0.05) is 34.5 Å². The molecule has 1 aliphatic heterocycles. The van der Waals surface area contributed by atoms with E-state index < -0.39 is 5.60 Å². The summed E-state index contributed by atoms with van der Waals surface area (Å²) in [6.07, 6.45) is 0.268. The zero-order chi connectivity index (χ0) is 19.8. The Morgan fingerprint density at radius 3 is 2.52 bits per heavy atom. The van der Waals surface area contributed by atoms with Crippen LogP contribution in [0.3, 0.4) is 0 Å². The zero-order valence-corrected chi connectivity index (χ0v) is 17.5. The van der Waals surface area contributed by atoms with E-state index in [2.05, 4.69) is 10.3 Å². The number of nitrogens with one attached hydrogen (secondary N) is 1. The maximum atomic E-state index is 12.4. The van der Waals surface area contributed by atoms with Gasteiger partial charge in [-0.3, -0.25) is 10.1 Å². The fraction of sp³-hybridized carbons (Fsp3) is 0.389. The van der Waals surface area contributed by atoms with E-state index in [1.807, 2.05) is 20.8 Å². The van der Waals surface area contributed by atoms with Gasteiger partial charge < -0.3 is 9.64 Å². The third-order valence-electron chi connectivity index (χ3n) is 3.73. The molecule has 0 spiro atoms. The minimum absolute atomic E-state index is 0.338. The molecule has 2 amide bonds. The van der Waals surface area contributed by atoms with E-state index in [-0.39, 0.29) is 12.0 Å². The van der Waals surface area contributed by atoms with E-state index in [0.29, 0.717) is 40.3 Å². The van der Waals surface area contributed by atoms with Crippen molar-refractivity contribution in [2.24, 2.45) is 0 Å². The van der Waals surface area contributed by atoms with Crippen LogP contribution in [-0.4, -0.2) is 34.0 Å². The number of amides is 2. The number of thiazole rings is 1. The molecule has 1 aromatic carbocycles. The van der Waals surface area contributed by atoms with E-state index in [1.165, 1.54) is 11.3 Å². The normalized spacial score (nSPS) is 13.9. The molecule has 2 heterocycles. The number of benzene rings is 1. The molecule has 9 heteroatoms. The third kappa shape index (κ3) is 5.12. The van der Waals surface area contributed by atoms with Gasteiger partial charge in [0.1, 0.15) is 5.60 Å². The molecule has 0 saturated heterocycles. The fourth-order valence-electron chi connectivity index (χ4n) is 2.59. The molecule has 144 valence electrons. The van der Waals surface area contributed by atoms with Crippen LogP contribution in [0.25, 0.3) is 0 Å². The molecule has 1 aliphatic rings. The Morgan fingerprint density at radius 2 is 1.89 bits per heavy atom. The Morgan fingerprint density at radius 1 is 1.22 bits per heavy atom. The highest BCUT2D eigenvalue weighted by molar-refractivity contribution is 7.15. The summed E-state index contributed by atoms with van der Waals surface area (Å²) in [5.41, 5.74) is 0.706. The number of anilines is 1. The molecule has 0 atom stereocenters. The highest BCUT2D eigenvalue weighted by atomic mass is 35.5. The molecular weight excluding hydrogens is 409 g/mol. The van der Waals surface area contributed by atoms with Gasteiger partial charge in [0.2, 0.25) is 0 Å². The van der Waals surface area contributed by atoms with Crippen LogP contribution >= 0.6 is 34.5 Å². The van der Waals surface area contributed by atoms with Crippen LogP contribution in [0.15, 0.2) is 18.2 Å².